The molecule has 1 aliphatic heterocycles. The third kappa shape index (κ3) is 4.34. The number of fused-ring (bicyclic) bond motifs is 1. The molecule has 0 N–H and O–H groups in total. The van der Waals surface area contributed by atoms with Crippen LogP contribution in [-0.2, 0) is 15.9 Å². The first-order chi connectivity index (χ1) is 10.4. The van der Waals surface area contributed by atoms with Gasteiger partial charge in [0, 0.05) is 12.5 Å². The molecule has 1 atom stereocenters. The maximum atomic E-state index is 12.5. The molecular weight excluding hydrogens is 278 g/mol. The van der Waals surface area contributed by atoms with Crippen LogP contribution in [0.3, 0.4) is 0 Å². The van der Waals surface area contributed by atoms with Gasteiger partial charge in [0.1, 0.15) is 5.60 Å². The summed E-state index contributed by atoms with van der Waals surface area (Å²) in [5.41, 5.74) is 1.60. The lowest BCUT2D eigenvalue weighted by atomic mass is 9.93. The first-order valence-electron chi connectivity index (χ1n) is 7.68. The lowest BCUT2D eigenvalue weighted by molar-refractivity contribution is 0.0556. The van der Waals surface area contributed by atoms with Crippen LogP contribution >= 0.6 is 0 Å². The molecule has 4 nitrogen and oxygen atoms in total. The summed E-state index contributed by atoms with van der Waals surface area (Å²) >= 11 is 0. The number of nitrogens with zero attached hydrogens (tertiary/aromatic N) is 1. The van der Waals surface area contributed by atoms with Gasteiger partial charge in [0.15, 0.2) is 0 Å². The molecule has 0 unspecified atom stereocenters. The fourth-order valence-electron chi connectivity index (χ4n) is 2.60. The zero-order valence-electron chi connectivity index (χ0n) is 13.7. The molecule has 0 bridgehead atoms. The van der Waals surface area contributed by atoms with Crippen molar-refractivity contribution in [2.45, 2.75) is 32.8 Å². The van der Waals surface area contributed by atoms with Gasteiger partial charge in [-0.15, -0.1) is 6.58 Å². The number of carbonyl (C=O) groups is 1. The van der Waals surface area contributed by atoms with Gasteiger partial charge >= 0.3 is 6.09 Å². The summed E-state index contributed by atoms with van der Waals surface area (Å²) in [6.45, 7) is 11.1. The Morgan fingerprint density at radius 2 is 2.14 bits per heavy atom. The van der Waals surface area contributed by atoms with Crippen molar-refractivity contribution in [1.29, 1.82) is 0 Å². The summed E-state index contributed by atoms with van der Waals surface area (Å²) in [5, 5.41) is 0. The summed E-state index contributed by atoms with van der Waals surface area (Å²) < 4.78 is 11.1. The minimum atomic E-state index is -0.502. The van der Waals surface area contributed by atoms with E-state index >= 15 is 0 Å². The van der Waals surface area contributed by atoms with Crippen LogP contribution in [0.25, 0.3) is 0 Å². The van der Waals surface area contributed by atoms with E-state index < -0.39 is 5.60 Å². The van der Waals surface area contributed by atoms with E-state index in [1.807, 2.05) is 39.0 Å². The molecule has 0 aliphatic carbocycles. The van der Waals surface area contributed by atoms with Crippen molar-refractivity contribution >= 4 is 11.8 Å². The summed E-state index contributed by atoms with van der Waals surface area (Å²) in [6, 6.07) is 7.98. The second-order valence-electron chi connectivity index (χ2n) is 6.62. The molecule has 0 saturated heterocycles. The molecule has 1 aliphatic rings. The molecule has 0 radical (unpaired) electrons. The predicted molar refractivity (Wildman–Crippen MR) is 88.2 cm³/mol. The Kier molecular flexibility index (Phi) is 5.24. The fraction of sp³-hybridized carbons (Fsp3) is 0.500. The van der Waals surface area contributed by atoms with E-state index in [1.54, 1.807) is 11.0 Å². The zero-order chi connectivity index (χ0) is 16.2. The quantitative estimate of drug-likeness (QED) is 0.627. The van der Waals surface area contributed by atoms with Crippen molar-refractivity contribution in [2.24, 2.45) is 5.92 Å². The number of hydrogen-bond acceptors (Lipinski definition) is 3. The second kappa shape index (κ2) is 6.97. The smallest absolute Gasteiger partial charge is 0.414 e. The van der Waals surface area contributed by atoms with Crippen molar-refractivity contribution in [2.75, 3.05) is 24.7 Å². The standard InChI is InChI=1S/C18H25NO3/c1-5-10-21-13-14-11-15-8-6-7-9-16(15)19(12-14)17(20)22-18(2,3)4/h5-9,14H,1,10-13H2,2-4H3/t14-/m1/s1. The average molecular weight is 303 g/mol. The maximum absolute atomic E-state index is 12.5. The molecule has 1 aromatic carbocycles. The molecule has 0 spiro atoms. The van der Waals surface area contributed by atoms with E-state index in [0.29, 0.717) is 19.8 Å². The van der Waals surface area contributed by atoms with Gasteiger partial charge in [-0.2, -0.15) is 0 Å². The lowest BCUT2D eigenvalue weighted by Gasteiger charge is -2.35. The number of ether oxygens (including phenoxy) is 2. The molecule has 22 heavy (non-hydrogen) atoms. The Balaban J connectivity index is 2.16. The normalized spacial score (nSPS) is 17.8. The fourth-order valence-corrected chi connectivity index (χ4v) is 2.60. The number of para-hydroxylation sites is 1. The molecule has 0 aromatic heterocycles. The summed E-state index contributed by atoms with van der Waals surface area (Å²) in [6.07, 6.45) is 2.35. The lowest BCUT2D eigenvalue weighted by Crippen LogP contribution is -2.44. The van der Waals surface area contributed by atoms with Crippen LogP contribution in [0.1, 0.15) is 26.3 Å². The van der Waals surface area contributed by atoms with Gasteiger partial charge in [0.05, 0.1) is 18.9 Å². The molecule has 0 fully saturated rings. The second-order valence-corrected chi connectivity index (χ2v) is 6.62. The monoisotopic (exact) mass is 303 g/mol. The maximum Gasteiger partial charge on any atom is 0.414 e. The van der Waals surface area contributed by atoms with E-state index in [9.17, 15) is 4.79 Å². The van der Waals surface area contributed by atoms with Crippen molar-refractivity contribution in [3.8, 4) is 0 Å². The summed E-state index contributed by atoms with van der Waals surface area (Å²) in [4.78, 5) is 14.2. The van der Waals surface area contributed by atoms with Crippen LogP contribution in [0.4, 0.5) is 10.5 Å². The van der Waals surface area contributed by atoms with Gasteiger partial charge in [-0.3, -0.25) is 4.90 Å². The van der Waals surface area contributed by atoms with Crippen molar-refractivity contribution in [3.05, 3.63) is 42.5 Å². The number of anilines is 1. The van der Waals surface area contributed by atoms with Gasteiger partial charge in [0.25, 0.3) is 0 Å². The van der Waals surface area contributed by atoms with E-state index in [2.05, 4.69) is 12.6 Å². The SMILES string of the molecule is C=CCOC[C@@H]1Cc2ccccc2N(C(=O)OC(C)(C)C)C1. The third-order valence-electron chi connectivity index (χ3n) is 3.43. The van der Waals surface area contributed by atoms with Gasteiger partial charge in [-0.05, 0) is 38.8 Å². The number of hydrogen-bond donors (Lipinski definition) is 0. The Morgan fingerprint density at radius 1 is 1.41 bits per heavy atom. The topological polar surface area (TPSA) is 38.8 Å². The molecule has 1 aromatic rings. The minimum Gasteiger partial charge on any atom is -0.443 e. The molecule has 4 heteroatoms. The predicted octanol–water partition coefficient (Wildman–Crippen LogP) is 3.80. The van der Waals surface area contributed by atoms with E-state index in [1.165, 1.54) is 0 Å². The first kappa shape index (κ1) is 16.6. The van der Waals surface area contributed by atoms with Gasteiger partial charge in [-0.1, -0.05) is 24.3 Å². The first-order valence-corrected chi connectivity index (χ1v) is 7.68. The molecule has 2 rings (SSSR count). The third-order valence-corrected chi connectivity index (χ3v) is 3.43. The Labute approximate surface area is 132 Å². The average Bonchev–Trinajstić information content (AvgIpc) is 2.45. The van der Waals surface area contributed by atoms with Gasteiger partial charge < -0.3 is 9.47 Å². The largest absolute Gasteiger partial charge is 0.443 e. The highest BCUT2D eigenvalue weighted by Crippen LogP contribution is 2.31. The summed E-state index contributed by atoms with van der Waals surface area (Å²) in [7, 11) is 0. The number of carbonyl (C=O) groups excluding carboxylic acids is 1. The Bertz CT molecular complexity index is 533. The minimum absolute atomic E-state index is 0.266. The van der Waals surface area contributed by atoms with Crippen LogP contribution in [0.2, 0.25) is 0 Å². The molecule has 1 amide bonds. The van der Waals surface area contributed by atoms with Gasteiger partial charge in [-0.25, -0.2) is 4.79 Å². The van der Waals surface area contributed by atoms with Crippen molar-refractivity contribution < 1.29 is 14.3 Å². The highest BCUT2D eigenvalue weighted by atomic mass is 16.6. The summed E-state index contributed by atoms with van der Waals surface area (Å²) in [5.74, 6) is 0.266. The van der Waals surface area contributed by atoms with E-state index in [-0.39, 0.29) is 12.0 Å². The van der Waals surface area contributed by atoms with Crippen LogP contribution in [0.15, 0.2) is 36.9 Å². The van der Waals surface area contributed by atoms with Gasteiger partial charge in [0.2, 0.25) is 0 Å². The molecule has 0 saturated carbocycles. The Hall–Kier alpha value is -1.81. The van der Waals surface area contributed by atoms with E-state index in [4.69, 9.17) is 9.47 Å². The van der Waals surface area contributed by atoms with Crippen LogP contribution in [0, 0.1) is 5.92 Å². The highest BCUT2D eigenvalue weighted by Gasteiger charge is 2.31. The van der Waals surface area contributed by atoms with Crippen molar-refractivity contribution in [3.63, 3.8) is 0 Å². The number of benzene rings is 1. The van der Waals surface area contributed by atoms with Crippen LogP contribution < -0.4 is 4.90 Å². The van der Waals surface area contributed by atoms with Crippen molar-refractivity contribution in [1.82, 2.24) is 0 Å². The molecular formula is C18H25NO3. The van der Waals surface area contributed by atoms with Crippen LogP contribution in [0.5, 0.6) is 0 Å². The Morgan fingerprint density at radius 3 is 2.82 bits per heavy atom. The number of amides is 1. The molecule has 120 valence electrons. The highest BCUT2D eigenvalue weighted by molar-refractivity contribution is 5.89. The number of rotatable bonds is 4. The van der Waals surface area contributed by atoms with E-state index in [0.717, 1.165) is 17.7 Å². The van der Waals surface area contributed by atoms with Crippen LogP contribution in [-0.4, -0.2) is 31.5 Å². The zero-order valence-corrected chi connectivity index (χ0v) is 13.7. The molecule has 1 heterocycles.